The number of amides is 2. The zero-order valence-electron chi connectivity index (χ0n) is 15.3. The minimum atomic E-state index is -4.55. The first kappa shape index (κ1) is 22.5. The van der Waals surface area contributed by atoms with Crippen LogP contribution in [0.25, 0.3) is 0 Å². The van der Waals surface area contributed by atoms with Gasteiger partial charge in [-0.1, -0.05) is 32.0 Å². The second kappa shape index (κ2) is 9.38. The summed E-state index contributed by atoms with van der Waals surface area (Å²) >= 11 is 0. The summed E-state index contributed by atoms with van der Waals surface area (Å²) in [6.45, 7) is 4.90. The Morgan fingerprint density at radius 3 is 2.22 bits per heavy atom. The molecule has 1 aromatic carbocycles. The van der Waals surface area contributed by atoms with Crippen molar-refractivity contribution < 1.29 is 32.7 Å². The first-order valence-corrected chi connectivity index (χ1v) is 8.36. The Bertz CT molecular complexity index is 689. The number of halogens is 3. The predicted molar refractivity (Wildman–Crippen MR) is 91.8 cm³/mol. The average molecular weight is 388 g/mol. The van der Waals surface area contributed by atoms with Gasteiger partial charge in [-0.3, -0.25) is 9.59 Å². The summed E-state index contributed by atoms with van der Waals surface area (Å²) in [5.74, 6) is -2.47. The fourth-order valence-corrected chi connectivity index (χ4v) is 2.53. The molecule has 6 nitrogen and oxygen atoms in total. The van der Waals surface area contributed by atoms with E-state index in [2.05, 4.69) is 10.6 Å². The fraction of sp³-hybridized carbons (Fsp3) is 0.500. The molecule has 0 aromatic heterocycles. The highest BCUT2D eigenvalue weighted by atomic mass is 19.4. The van der Waals surface area contributed by atoms with Gasteiger partial charge in [0.1, 0.15) is 12.1 Å². The standard InChI is InChI=1S/C18H23F3N2O4/c1-10(2)7-14(22-11(3)24)16(25)23-15(17(26)27)9-12-5-4-6-13(8-12)18(19,20)21/h4-6,8,10,14-15H,7,9H2,1-3H3,(H,22,24)(H,23,25)(H,26,27)/t14-,15+/m0/s1. The molecule has 9 heteroatoms. The molecule has 0 unspecified atom stereocenters. The molecule has 2 atom stereocenters. The molecule has 0 aliphatic carbocycles. The maximum atomic E-state index is 12.8. The molecule has 1 aromatic rings. The Hall–Kier alpha value is -2.58. The Kier molecular flexibility index (Phi) is 7.81. The normalized spacial score (nSPS) is 13.7. The lowest BCUT2D eigenvalue weighted by molar-refractivity contribution is -0.142. The van der Waals surface area contributed by atoms with Crippen LogP contribution in [0.3, 0.4) is 0 Å². The summed E-state index contributed by atoms with van der Waals surface area (Å²) in [6, 6.07) is 1.92. The van der Waals surface area contributed by atoms with E-state index in [1.807, 2.05) is 13.8 Å². The van der Waals surface area contributed by atoms with E-state index in [9.17, 15) is 32.7 Å². The largest absolute Gasteiger partial charge is 0.480 e. The van der Waals surface area contributed by atoms with Gasteiger partial charge in [-0.2, -0.15) is 13.2 Å². The van der Waals surface area contributed by atoms with Gasteiger partial charge in [0, 0.05) is 13.3 Å². The summed E-state index contributed by atoms with van der Waals surface area (Å²) in [6.07, 6.45) is -4.58. The second-order valence-electron chi connectivity index (χ2n) is 6.68. The van der Waals surface area contributed by atoms with Crippen LogP contribution in [0, 0.1) is 5.92 Å². The van der Waals surface area contributed by atoms with E-state index >= 15 is 0 Å². The number of carboxylic acid groups (broad SMARTS) is 1. The van der Waals surface area contributed by atoms with Gasteiger partial charge in [0.2, 0.25) is 11.8 Å². The van der Waals surface area contributed by atoms with Crippen molar-refractivity contribution in [1.29, 1.82) is 0 Å². The van der Waals surface area contributed by atoms with Crippen LogP contribution in [-0.4, -0.2) is 35.0 Å². The molecule has 0 bridgehead atoms. The van der Waals surface area contributed by atoms with Gasteiger partial charge in [0.05, 0.1) is 5.56 Å². The van der Waals surface area contributed by atoms with Crippen LogP contribution in [-0.2, 0) is 27.0 Å². The Morgan fingerprint density at radius 2 is 1.74 bits per heavy atom. The van der Waals surface area contributed by atoms with Crippen molar-refractivity contribution in [3.05, 3.63) is 35.4 Å². The monoisotopic (exact) mass is 388 g/mol. The van der Waals surface area contributed by atoms with Crippen molar-refractivity contribution in [3.63, 3.8) is 0 Å². The van der Waals surface area contributed by atoms with Crippen molar-refractivity contribution in [2.45, 2.75) is 51.9 Å². The first-order chi connectivity index (χ1) is 12.4. The van der Waals surface area contributed by atoms with Crippen LogP contribution in [0.4, 0.5) is 13.2 Å². The lowest BCUT2D eigenvalue weighted by Gasteiger charge is -2.22. The number of hydrogen-bond acceptors (Lipinski definition) is 3. The molecule has 0 heterocycles. The molecule has 27 heavy (non-hydrogen) atoms. The SMILES string of the molecule is CC(=O)N[C@@H](CC(C)C)C(=O)N[C@H](Cc1cccc(C(F)(F)F)c1)C(=O)O. The summed E-state index contributed by atoms with van der Waals surface area (Å²) < 4.78 is 38.4. The van der Waals surface area contributed by atoms with Crippen LogP contribution < -0.4 is 10.6 Å². The number of nitrogens with one attached hydrogen (secondary N) is 2. The van der Waals surface area contributed by atoms with E-state index < -0.39 is 41.6 Å². The second-order valence-corrected chi connectivity index (χ2v) is 6.68. The van der Waals surface area contributed by atoms with Gasteiger partial charge in [-0.15, -0.1) is 0 Å². The fourth-order valence-electron chi connectivity index (χ4n) is 2.53. The highest BCUT2D eigenvalue weighted by molar-refractivity contribution is 5.90. The van der Waals surface area contributed by atoms with Crippen molar-refractivity contribution in [2.75, 3.05) is 0 Å². The zero-order chi connectivity index (χ0) is 20.8. The highest BCUT2D eigenvalue weighted by Gasteiger charge is 2.31. The third kappa shape index (κ3) is 7.67. The number of benzene rings is 1. The van der Waals surface area contributed by atoms with Crippen LogP contribution in [0.15, 0.2) is 24.3 Å². The molecule has 3 N–H and O–H groups in total. The molecule has 150 valence electrons. The smallest absolute Gasteiger partial charge is 0.416 e. The minimum Gasteiger partial charge on any atom is -0.480 e. The molecule has 0 radical (unpaired) electrons. The van der Waals surface area contributed by atoms with Gasteiger partial charge >= 0.3 is 12.1 Å². The molecule has 0 saturated carbocycles. The van der Waals surface area contributed by atoms with Crippen LogP contribution >= 0.6 is 0 Å². The molecule has 0 spiro atoms. The Morgan fingerprint density at radius 1 is 1.11 bits per heavy atom. The van der Waals surface area contributed by atoms with Crippen molar-refractivity contribution >= 4 is 17.8 Å². The Labute approximate surface area is 155 Å². The molecule has 0 aliphatic rings. The molecular weight excluding hydrogens is 365 g/mol. The van der Waals surface area contributed by atoms with Crippen LogP contribution in [0.2, 0.25) is 0 Å². The third-order valence-electron chi connectivity index (χ3n) is 3.71. The third-order valence-corrected chi connectivity index (χ3v) is 3.71. The van der Waals surface area contributed by atoms with Gasteiger partial charge < -0.3 is 15.7 Å². The number of alkyl halides is 3. The number of carbonyl (C=O) groups is 3. The van der Waals surface area contributed by atoms with Crippen molar-refractivity contribution in [3.8, 4) is 0 Å². The number of hydrogen-bond donors (Lipinski definition) is 3. The highest BCUT2D eigenvalue weighted by Crippen LogP contribution is 2.29. The number of carbonyl (C=O) groups excluding carboxylic acids is 2. The summed E-state index contributed by atoms with van der Waals surface area (Å²) in [7, 11) is 0. The van der Waals surface area contributed by atoms with E-state index in [0.717, 1.165) is 12.1 Å². The van der Waals surface area contributed by atoms with Crippen LogP contribution in [0.5, 0.6) is 0 Å². The number of aliphatic carboxylic acids is 1. The van der Waals surface area contributed by atoms with E-state index in [1.54, 1.807) is 0 Å². The maximum absolute atomic E-state index is 12.8. The van der Waals surface area contributed by atoms with Gasteiger partial charge in [0.25, 0.3) is 0 Å². The van der Waals surface area contributed by atoms with E-state index in [1.165, 1.54) is 19.1 Å². The van der Waals surface area contributed by atoms with Gasteiger partial charge in [0.15, 0.2) is 0 Å². The molecule has 2 amide bonds. The average Bonchev–Trinajstić information content (AvgIpc) is 2.52. The molecule has 0 fully saturated rings. The predicted octanol–water partition coefficient (Wildman–Crippen LogP) is 2.37. The minimum absolute atomic E-state index is 0.0549. The first-order valence-electron chi connectivity index (χ1n) is 8.36. The van der Waals surface area contributed by atoms with Gasteiger partial charge in [-0.25, -0.2) is 4.79 Å². The van der Waals surface area contributed by atoms with Crippen molar-refractivity contribution in [1.82, 2.24) is 10.6 Å². The van der Waals surface area contributed by atoms with E-state index in [0.29, 0.717) is 6.42 Å². The van der Waals surface area contributed by atoms with E-state index in [4.69, 9.17) is 0 Å². The van der Waals surface area contributed by atoms with E-state index in [-0.39, 0.29) is 17.9 Å². The summed E-state index contributed by atoms with van der Waals surface area (Å²) in [5, 5.41) is 14.1. The lowest BCUT2D eigenvalue weighted by Crippen LogP contribution is -2.52. The molecule has 1 rings (SSSR count). The summed E-state index contributed by atoms with van der Waals surface area (Å²) in [4.78, 5) is 35.1. The Balaban J connectivity index is 2.94. The topological polar surface area (TPSA) is 95.5 Å². The number of carboxylic acids is 1. The molecule has 0 saturated heterocycles. The summed E-state index contributed by atoms with van der Waals surface area (Å²) in [5.41, 5.74) is -0.774. The lowest BCUT2D eigenvalue weighted by atomic mass is 10.0. The quantitative estimate of drug-likeness (QED) is 0.637. The number of rotatable bonds is 8. The van der Waals surface area contributed by atoms with Crippen LogP contribution in [0.1, 0.15) is 38.3 Å². The molecule has 0 aliphatic heterocycles. The van der Waals surface area contributed by atoms with Crippen molar-refractivity contribution in [2.24, 2.45) is 5.92 Å². The van der Waals surface area contributed by atoms with Gasteiger partial charge in [-0.05, 0) is 24.0 Å². The zero-order valence-corrected chi connectivity index (χ0v) is 15.3. The molecular formula is C18H23F3N2O4. The maximum Gasteiger partial charge on any atom is 0.416 e.